The molecule has 11 heteroatoms. The molecule has 36 heavy (non-hydrogen) atoms. The summed E-state index contributed by atoms with van der Waals surface area (Å²) in [4.78, 5) is 29.1. The van der Waals surface area contributed by atoms with Gasteiger partial charge in [0.2, 0.25) is 0 Å². The lowest BCUT2D eigenvalue weighted by Gasteiger charge is -2.40. The van der Waals surface area contributed by atoms with E-state index in [9.17, 15) is 9.59 Å². The maximum atomic E-state index is 12.7. The average molecular weight is 523 g/mol. The Labute approximate surface area is 213 Å². The van der Waals surface area contributed by atoms with Crippen molar-refractivity contribution >= 4 is 8.38 Å². The summed E-state index contributed by atoms with van der Waals surface area (Å²) >= 11 is 0. The first kappa shape index (κ1) is 27.4. The number of hydrogen-bond donors (Lipinski definition) is 1. The van der Waals surface area contributed by atoms with Gasteiger partial charge in [-0.1, -0.05) is 27.7 Å². The Morgan fingerprint density at radius 3 is 2.61 bits per heavy atom. The second-order valence-corrected chi connectivity index (χ2v) is 12.3. The summed E-state index contributed by atoms with van der Waals surface area (Å²) in [6, 6.07) is 3.52. The molecule has 2 aliphatic heterocycles. The van der Waals surface area contributed by atoms with Gasteiger partial charge < -0.3 is 18.5 Å². The Morgan fingerprint density at radius 2 is 1.97 bits per heavy atom. The molecule has 0 spiro atoms. The molecule has 1 aromatic heterocycles. The van der Waals surface area contributed by atoms with Gasteiger partial charge in [-0.25, -0.2) is 4.79 Å². The smallest absolute Gasteiger partial charge is 0.330 e. The normalized spacial score (nSPS) is 29.3. The van der Waals surface area contributed by atoms with Crippen molar-refractivity contribution in [1.82, 2.24) is 14.5 Å². The molecule has 3 heterocycles. The van der Waals surface area contributed by atoms with E-state index in [2.05, 4.69) is 43.6 Å². The van der Waals surface area contributed by atoms with Gasteiger partial charge in [-0.3, -0.25) is 19.2 Å². The van der Waals surface area contributed by atoms with Gasteiger partial charge in [0.25, 0.3) is 5.56 Å². The Hall–Kier alpha value is -1.60. The zero-order chi connectivity index (χ0) is 25.9. The summed E-state index contributed by atoms with van der Waals surface area (Å²) in [6.45, 7) is 12.7. The van der Waals surface area contributed by atoms with Crippen molar-refractivity contribution in [2.45, 2.75) is 70.5 Å². The van der Waals surface area contributed by atoms with Gasteiger partial charge in [0.05, 0.1) is 32.3 Å². The molecule has 0 aromatic carbocycles. The summed E-state index contributed by atoms with van der Waals surface area (Å²) < 4.78 is 27.0. The molecule has 3 fully saturated rings. The third-order valence-electron chi connectivity index (χ3n) is 7.51. The molecule has 0 amide bonds. The third kappa shape index (κ3) is 5.77. The van der Waals surface area contributed by atoms with Crippen LogP contribution in [0.4, 0.5) is 0 Å². The highest BCUT2D eigenvalue weighted by Gasteiger charge is 2.63. The summed E-state index contributed by atoms with van der Waals surface area (Å²) in [6.07, 6.45) is 2.71. The van der Waals surface area contributed by atoms with Gasteiger partial charge in [-0.2, -0.15) is 5.26 Å². The summed E-state index contributed by atoms with van der Waals surface area (Å²) in [5.74, 6) is 0.621. The second kappa shape index (κ2) is 11.8. The minimum atomic E-state index is -1.31. The zero-order valence-corrected chi connectivity index (χ0v) is 22.6. The van der Waals surface area contributed by atoms with E-state index in [1.165, 1.54) is 16.8 Å². The van der Waals surface area contributed by atoms with E-state index >= 15 is 0 Å². The van der Waals surface area contributed by atoms with Gasteiger partial charge in [0.1, 0.15) is 17.9 Å². The standard InChI is InChI=1S/C25H39N4O6P/c1-17(2)21(18(3)4)36(33-13-5-9-26)35-22-19-6-8-25(22,16-28-11-14-32-15-12-28)34-23(19)29-10-7-20(30)27-24(29)31/h7,10,17-19,21-23H,5-6,8,11-16H2,1-4H3,(H,27,30,31)/t19?,22?,23?,25-,36?/m1/s1. The van der Waals surface area contributed by atoms with E-state index in [4.69, 9.17) is 23.8 Å². The number of nitrogens with one attached hydrogen (secondary N) is 1. The Kier molecular flexibility index (Phi) is 9.03. The summed E-state index contributed by atoms with van der Waals surface area (Å²) in [5, 5.41) is 9.09. The third-order valence-corrected chi connectivity index (χ3v) is 10.1. The Balaban J connectivity index is 1.66. The largest absolute Gasteiger partial charge is 0.379 e. The minimum Gasteiger partial charge on any atom is -0.379 e. The number of H-pyrrole nitrogens is 1. The quantitative estimate of drug-likeness (QED) is 0.348. The molecule has 1 aliphatic carbocycles. The van der Waals surface area contributed by atoms with Crippen molar-refractivity contribution in [1.29, 1.82) is 5.26 Å². The van der Waals surface area contributed by atoms with E-state index in [1.807, 2.05) is 0 Å². The number of nitrogens with zero attached hydrogens (tertiary/aromatic N) is 3. The molecule has 0 radical (unpaired) electrons. The first-order valence-electron chi connectivity index (χ1n) is 13.0. The lowest BCUT2D eigenvalue weighted by atomic mass is 9.98. The highest BCUT2D eigenvalue weighted by molar-refractivity contribution is 7.48. The molecular weight excluding hydrogens is 483 g/mol. The number of hydrogen-bond acceptors (Lipinski definition) is 8. The number of aromatic nitrogens is 2. The van der Waals surface area contributed by atoms with Crippen molar-refractivity contribution < 1.29 is 18.5 Å². The van der Waals surface area contributed by atoms with Crippen LogP contribution in [0.2, 0.25) is 0 Å². The molecule has 3 aliphatic rings. The van der Waals surface area contributed by atoms with Crippen molar-refractivity contribution in [2.24, 2.45) is 17.8 Å². The Morgan fingerprint density at radius 1 is 1.25 bits per heavy atom. The van der Waals surface area contributed by atoms with Gasteiger partial charge in [0.15, 0.2) is 8.38 Å². The highest BCUT2D eigenvalue weighted by Crippen LogP contribution is 2.60. The van der Waals surface area contributed by atoms with Gasteiger partial charge in [-0.05, 0) is 24.7 Å². The van der Waals surface area contributed by atoms with Crippen LogP contribution in [0.15, 0.2) is 21.9 Å². The molecule has 4 rings (SSSR count). The number of ether oxygens (including phenoxy) is 2. The number of rotatable bonds is 11. The first-order chi connectivity index (χ1) is 17.3. The van der Waals surface area contributed by atoms with Gasteiger partial charge >= 0.3 is 5.69 Å². The van der Waals surface area contributed by atoms with Crippen molar-refractivity contribution in [3.8, 4) is 6.07 Å². The van der Waals surface area contributed by atoms with Crippen LogP contribution in [0.5, 0.6) is 0 Å². The fourth-order valence-electron chi connectivity index (χ4n) is 5.99. The van der Waals surface area contributed by atoms with E-state index in [-0.39, 0.29) is 17.7 Å². The van der Waals surface area contributed by atoms with Crippen LogP contribution in [-0.4, -0.2) is 71.3 Å². The lowest BCUT2D eigenvalue weighted by Crippen LogP contribution is -2.51. The predicted octanol–water partition coefficient (Wildman–Crippen LogP) is 2.85. The van der Waals surface area contributed by atoms with Crippen LogP contribution in [0, 0.1) is 29.1 Å². The molecule has 200 valence electrons. The van der Waals surface area contributed by atoms with Crippen LogP contribution in [0.3, 0.4) is 0 Å². The fourth-order valence-corrected chi connectivity index (χ4v) is 8.18. The highest BCUT2D eigenvalue weighted by atomic mass is 31.2. The van der Waals surface area contributed by atoms with E-state index in [0.717, 1.165) is 25.9 Å². The maximum absolute atomic E-state index is 12.7. The van der Waals surface area contributed by atoms with E-state index in [1.54, 1.807) is 0 Å². The van der Waals surface area contributed by atoms with E-state index in [0.29, 0.717) is 44.6 Å². The number of nitriles is 1. The zero-order valence-electron chi connectivity index (χ0n) is 21.7. The molecular formula is C25H39N4O6P. The van der Waals surface area contributed by atoms with Crippen LogP contribution in [0.1, 0.15) is 53.2 Å². The summed E-state index contributed by atoms with van der Waals surface area (Å²) in [7, 11) is -1.31. The summed E-state index contributed by atoms with van der Waals surface area (Å²) in [5.41, 5.74) is -1.32. The van der Waals surface area contributed by atoms with Gasteiger partial charge in [-0.15, -0.1) is 0 Å². The van der Waals surface area contributed by atoms with Crippen molar-refractivity contribution in [3.05, 3.63) is 33.1 Å². The van der Waals surface area contributed by atoms with Crippen LogP contribution in [-0.2, 0) is 18.5 Å². The van der Waals surface area contributed by atoms with E-state index < -0.39 is 31.5 Å². The van der Waals surface area contributed by atoms with Gasteiger partial charge in [0, 0.05) is 43.5 Å². The van der Waals surface area contributed by atoms with Crippen molar-refractivity contribution in [3.63, 3.8) is 0 Å². The van der Waals surface area contributed by atoms with Crippen molar-refractivity contribution in [2.75, 3.05) is 39.5 Å². The molecule has 2 saturated heterocycles. The maximum Gasteiger partial charge on any atom is 0.330 e. The number of aromatic amines is 1. The average Bonchev–Trinajstić information content (AvgIpc) is 3.30. The molecule has 1 saturated carbocycles. The number of morpholine rings is 1. The second-order valence-electron chi connectivity index (χ2n) is 10.7. The molecule has 1 N–H and O–H groups in total. The number of fused-ring (bicyclic) bond motifs is 2. The molecule has 2 bridgehead atoms. The minimum absolute atomic E-state index is 0.0563. The molecule has 10 nitrogen and oxygen atoms in total. The topological polar surface area (TPSA) is 119 Å². The Bertz CT molecular complexity index is 1020. The monoisotopic (exact) mass is 522 g/mol. The first-order valence-corrected chi connectivity index (χ1v) is 14.3. The SMILES string of the molecule is CC(C)C(C(C)C)P(OCCC#N)OC1C2CC[C@]1(CN1CCOCC1)OC2n1ccc(=O)[nH]c1=O. The lowest BCUT2D eigenvalue weighted by molar-refractivity contribution is -0.135. The molecule has 4 unspecified atom stereocenters. The van der Waals surface area contributed by atoms with Crippen LogP contribution >= 0.6 is 8.38 Å². The van der Waals surface area contributed by atoms with Crippen LogP contribution in [0.25, 0.3) is 0 Å². The molecule has 5 atom stereocenters. The fraction of sp³-hybridized carbons (Fsp3) is 0.800. The predicted molar refractivity (Wildman–Crippen MR) is 136 cm³/mol. The van der Waals surface area contributed by atoms with Crippen LogP contribution < -0.4 is 11.2 Å². The molecule has 1 aromatic rings.